The molecule has 32 heavy (non-hydrogen) atoms. The predicted octanol–water partition coefficient (Wildman–Crippen LogP) is 3.95. The summed E-state index contributed by atoms with van der Waals surface area (Å²) in [6.07, 6.45) is 5.61. The molecular weight excluding hydrogens is 398 g/mol. The van der Waals surface area contributed by atoms with E-state index in [-0.39, 0.29) is 17.9 Å². The molecular formula is C26H31N5O. The van der Waals surface area contributed by atoms with Gasteiger partial charge in [0, 0.05) is 37.5 Å². The second-order valence-electron chi connectivity index (χ2n) is 9.36. The van der Waals surface area contributed by atoms with Crippen molar-refractivity contribution in [3.63, 3.8) is 0 Å². The number of benzene rings is 2. The molecule has 0 aliphatic heterocycles. The molecule has 5 rings (SSSR count). The van der Waals surface area contributed by atoms with Crippen LogP contribution in [-0.4, -0.2) is 42.1 Å². The zero-order chi connectivity index (χ0) is 22.1. The third-order valence-corrected chi connectivity index (χ3v) is 6.84. The first-order valence-electron chi connectivity index (χ1n) is 11.6. The van der Waals surface area contributed by atoms with Crippen molar-refractivity contribution < 1.29 is 4.79 Å². The van der Waals surface area contributed by atoms with Crippen LogP contribution in [0.1, 0.15) is 36.8 Å². The summed E-state index contributed by atoms with van der Waals surface area (Å²) in [6, 6.07) is 17.2. The van der Waals surface area contributed by atoms with E-state index in [1.54, 1.807) is 0 Å². The van der Waals surface area contributed by atoms with Crippen molar-refractivity contribution in [2.45, 2.75) is 50.6 Å². The number of fused-ring (bicyclic) bond motifs is 2. The lowest BCUT2D eigenvalue weighted by Crippen LogP contribution is -2.41. The molecule has 0 atom stereocenters. The molecule has 6 heteroatoms. The van der Waals surface area contributed by atoms with E-state index in [0.717, 1.165) is 55.2 Å². The van der Waals surface area contributed by atoms with Crippen LogP contribution in [0, 0.1) is 5.92 Å². The fraction of sp³-hybridized carbons (Fsp3) is 0.423. The number of hydrogen-bond acceptors (Lipinski definition) is 5. The Morgan fingerprint density at radius 3 is 2.22 bits per heavy atom. The highest BCUT2D eigenvalue weighted by molar-refractivity contribution is 5.90. The summed E-state index contributed by atoms with van der Waals surface area (Å²) in [4.78, 5) is 24.4. The molecule has 2 N–H and O–H groups in total. The lowest BCUT2D eigenvalue weighted by molar-refractivity contribution is -0.126. The molecule has 2 aliphatic rings. The van der Waals surface area contributed by atoms with E-state index in [2.05, 4.69) is 41.0 Å². The first kappa shape index (κ1) is 20.7. The van der Waals surface area contributed by atoms with Crippen molar-refractivity contribution >= 4 is 28.6 Å². The van der Waals surface area contributed by atoms with E-state index in [1.807, 2.05) is 37.2 Å². The summed E-state index contributed by atoms with van der Waals surface area (Å²) in [5.41, 5.74) is 3.69. The fourth-order valence-electron chi connectivity index (χ4n) is 5.13. The fourth-order valence-corrected chi connectivity index (χ4v) is 5.13. The third-order valence-electron chi connectivity index (χ3n) is 6.84. The molecule has 1 aromatic heterocycles. The minimum Gasteiger partial charge on any atom is -0.362 e. The summed E-state index contributed by atoms with van der Waals surface area (Å²) in [7, 11) is 4.01. The van der Waals surface area contributed by atoms with Crippen molar-refractivity contribution in [3.8, 4) is 0 Å². The molecule has 1 amide bonds. The van der Waals surface area contributed by atoms with Gasteiger partial charge in [0.1, 0.15) is 5.82 Å². The van der Waals surface area contributed by atoms with Crippen molar-refractivity contribution in [2.75, 3.05) is 24.3 Å². The quantitative estimate of drug-likeness (QED) is 0.643. The molecule has 166 valence electrons. The SMILES string of the molecule is CN(C)c1nc(N[C@H]2CC[C@@H](C(=O)NC3Cc4ccccc4C3)CC2)nc2ccccc12. The Labute approximate surface area is 189 Å². The van der Waals surface area contributed by atoms with E-state index in [0.29, 0.717) is 12.0 Å². The van der Waals surface area contributed by atoms with Crippen LogP contribution in [0.2, 0.25) is 0 Å². The average molecular weight is 430 g/mol. The number of carbonyl (C=O) groups is 1. The first-order valence-corrected chi connectivity index (χ1v) is 11.6. The second kappa shape index (κ2) is 8.77. The molecule has 0 radical (unpaired) electrons. The van der Waals surface area contributed by atoms with Crippen molar-refractivity contribution in [3.05, 3.63) is 59.7 Å². The van der Waals surface area contributed by atoms with Gasteiger partial charge >= 0.3 is 0 Å². The zero-order valence-electron chi connectivity index (χ0n) is 18.8. The molecule has 6 nitrogen and oxygen atoms in total. The van der Waals surface area contributed by atoms with E-state index in [9.17, 15) is 4.79 Å². The van der Waals surface area contributed by atoms with Gasteiger partial charge in [-0.25, -0.2) is 4.98 Å². The number of nitrogens with zero attached hydrogens (tertiary/aromatic N) is 3. The lowest BCUT2D eigenvalue weighted by atomic mass is 9.85. The molecule has 1 fully saturated rings. The van der Waals surface area contributed by atoms with Gasteiger partial charge in [0.05, 0.1) is 5.52 Å². The topological polar surface area (TPSA) is 70.2 Å². The number of nitrogens with one attached hydrogen (secondary N) is 2. The standard InChI is InChI=1S/C26H31N5O/c1-31(2)24-22-9-5-6-10-23(22)29-26(30-24)28-20-13-11-17(12-14-20)25(32)27-21-15-18-7-3-4-8-19(18)16-21/h3-10,17,20-21H,11-16H2,1-2H3,(H,27,32)(H,28,29,30)/t17-,20+. The molecule has 0 unspecified atom stereocenters. The molecule has 1 saturated carbocycles. The van der Waals surface area contributed by atoms with Crippen LogP contribution in [0.5, 0.6) is 0 Å². The van der Waals surface area contributed by atoms with Crippen LogP contribution < -0.4 is 15.5 Å². The van der Waals surface area contributed by atoms with Crippen LogP contribution in [-0.2, 0) is 17.6 Å². The van der Waals surface area contributed by atoms with Gasteiger partial charge in [-0.1, -0.05) is 36.4 Å². The maximum Gasteiger partial charge on any atom is 0.225 e. The van der Waals surface area contributed by atoms with E-state index >= 15 is 0 Å². The van der Waals surface area contributed by atoms with Crippen molar-refractivity contribution in [1.29, 1.82) is 0 Å². The summed E-state index contributed by atoms with van der Waals surface area (Å²) in [6.45, 7) is 0. The summed E-state index contributed by atoms with van der Waals surface area (Å²) < 4.78 is 0. The lowest BCUT2D eigenvalue weighted by Gasteiger charge is -2.29. The number of anilines is 2. The van der Waals surface area contributed by atoms with Crippen LogP contribution in [0.4, 0.5) is 11.8 Å². The molecule has 0 spiro atoms. The van der Waals surface area contributed by atoms with E-state index in [1.165, 1.54) is 11.1 Å². The normalized spacial score (nSPS) is 20.7. The smallest absolute Gasteiger partial charge is 0.225 e. The number of carbonyl (C=O) groups excluding carboxylic acids is 1. The van der Waals surface area contributed by atoms with Gasteiger partial charge in [-0.3, -0.25) is 4.79 Å². The Hall–Kier alpha value is -3.15. The van der Waals surface area contributed by atoms with Gasteiger partial charge in [-0.05, 0) is 61.8 Å². The highest BCUT2D eigenvalue weighted by Gasteiger charge is 2.30. The van der Waals surface area contributed by atoms with Crippen LogP contribution in [0.3, 0.4) is 0 Å². The third kappa shape index (κ3) is 4.27. The van der Waals surface area contributed by atoms with E-state index < -0.39 is 0 Å². The summed E-state index contributed by atoms with van der Waals surface area (Å²) in [5.74, 6) is 1.91. The minimum atomic E-state index is 0.103. The Morgan fingerprint density at radius 1 is 0.875 bits per heavy atom. The van der Waals surface area contributed by atoms with Gasteiger partial charge < -0.3 is 15.5 Å². The molecule has 0 bridgehead atoms. The van der Waals surface area contributed by atoms with Gasteiger partial charge in [-0.15, -0.1) is 0 Å². The predicted molar refractivity (Wildman–Crippen MR) is 129 cm³/mol. The monoisotopic (exact) mass is 429 g/mol. The van der Waals surface area contributed by atoms with Gasteiger partial charge in [0.2, 0.25) is 11.9 Å². The van der Waals surface area contributed by atoms with Gasteiger partial charge in [-0.2, -0.15) is 4.98 Å². The number of aromatic nitrogens is 2. The summed E-state index contributed by atoms with van der Waals surface area (Å²) in [5, 5.41) is 7.90. The van der Waals surface area contributed by atoms with Crippen LogP contribution >= 0.6 is 0 Å². The number of hydrogen-bond donors (Lipinski definition) is 2. The Bertz CT molecular complexity index is 1100. The highest BCUT2D eigenvalue weighted by atomic mass is 16.1. The number of rotatable bonds is 5. The Balaban J connectivity index is 1.17. The Kier molecular flexibility index (Phi) is 5.68. The summed E-state index contributed by atoms with van der Waals surface area (Å²) >= 11 is 0. The van der Waals surface area contributed by atoms with Gasteiger partial charge in [0.15, 0.2) is 0 Å². The first-order chi connectivity index (χ1) is 15.6. The maximum absolute atomic E-state index is 12.9. The zero-order valence-corrected chi connectivity index (χ0v) is 18.8. The van der Waals surface area contributed by atoms with Crippen molar-refractivity contribution in [2.24, 2.45) is 5.92 Å². The Morgan fingerprint density at radius 2 is 1.53 bits per heavy atom. The molecule has 0 saturated heterocycles. The van der Waals surface area contributed by atoms with Crippen molar-refractivity contribution in [1.82, 2.24) is 15.3 Å². The van der Waals surface area contributed by atoms with Gasteiger partial charge in [0.25, 0.3) is 0 Å². The van der Waals surface area contributed by atoms with E-state index in [4.69, 9.17) is 9.97 Å². The largest absolute Gasteiger partial charge is 0.362 e. The maximum atomic E-state index is 12.9. The second-order valence-corrected chi connectivity index (χ2v) is 9.36. The number of amides is 1. The van der Waals surface area contributed by atoms with Crippen LogP contribution in [0.15, 0.2) is 48.5 Å². The molecule has 2 aliphatic carbocycles. The highest BCUT2D eigenvalue weighted by Crippen LogP contribution is 2.29. The van der Waals surface area contributed by atoms with Crippen LogP contribution in [0.25, 0.3) is 10.9 Å². The average Bonchev–Trinajstić information content (AvgIpc) is 3.21. The molecule has 3 aromatic rings. The number of para-hydroxylation sites is 1. The molecule has 1 heterocycles. The molecule has 2 aromatic carbocycles. The minimum absolute atomic E-state index is 0.103.